The van der Waals surface area contributed by atoms with E-state index < -0.39 is 24.1 Å². The molecule has 2 N–H and O–H groups in total. The van der Waals surface area contributed by atoms with Crippen LogP contribution in [0.3, 0.4) is 0 Å². The van der Waals surface area contributed by atoms with Gasteiger partial charge in [0.2, 0.25) is 5.91 Å². The number of carboxylic acids is 1. The van der Waals surface area contributed by atoms with Gasteiger partial charge >= 0.3 is 5.97 Å². The van der Waals surface area contributed by atoms with Gasteiger partial charge in [-0.05, 0) is 12.5 Å². The van der Waals surface area contributed by atoms with Gasteiger partial charge in [0.15, 0.2) is 0 Å². The van der Waals surface area contributed by atoms with E-state index in [0.717, 1.165) is 12.5 Å². The monoisotopic (exact) mass is 315 g/mol. The van der Waals surface area contributed by atoms with Crippen LogP contribution in [0, 0.1) is 5.82 Å². The molecule has 0 bridgehead atoms. The van der Waals surface area contributed by atoms with E-state index in [1.807, 2.05) is 6.92 Å². The summed E-state index contributed by atoms with van der Waals surface area (Å²) in [6.07, 6.45) is 0.302. The quantitative estimate of drug-likeness (QED) is 0.757. The first-order chi connectivity index (χ1) is 9.85. The lowest BCUT2D eigenvalue weighted by atomic mass is 10.2. The second-order valence-corrected chi connectivity index (χ2v) is 4.65. The van der Waals surface area contributed by atoms with Gasteiger partial charge in [-0.25, -0.2) is 9.18 Å². The molecule has 0 saturated carbocycles. The van der Waals surface area contributed by atoms with Crippen LogP contribution in [-0.2, 0) is 9.59 Å². The number of halogens is 2. The van der Waals surface area contributed by atoms with Gasteiger partial charge in [-0.2, -0.15) is 0 Å². The summed E-state index contributed by atoms with van der Waals surface area (Å²) in [6.45, 7) is 5.53. The summed E-state index contributed by atoms with van der Waals surface area (Å²) in [7, 11) is 0. The summed E-state index contributed by atoms with van der Waals surface area (Å²) in [5, 5.41) is 11.0. The van der Waals surface area contributed by atoms with E-state index in [1.165, 1.54) is 6.07 Å². The summed E-state index contributed by atoms with van der Waals surface area (Å²) in [5.41, 5.74) is -0.419. The zero-order valence-electron chi connectivity index (χ0n) is 11.4. The van der Waals surface area contributed by atoms with Crippen LogP contribution in [0.1, 0.15) is 19.8 Å². The van der Waals surface area contributed by atoms with Crippen LogP contribution in [0.15, 0.2) is 24.3 Å². The number of amides is 1. The zero-order chi connectivity index (χ0) is 16.0. The van der Waals surface area contributed by atoms with Gasteiger partial charge < -0.3 is 15.2 Å². The van der Waals surface area contributed by atoms with Crippen LogP contribution in [0.25, 0.3) is 0 Å². The molecule has 0 heterocycles. The Morgan fingerprint density at radius 1 is 1.48 bits per heavy atom. The normalized spacial score (nSPS) is 10.0. The Bertz CT molecular complexity index is 574. The molecule has 0 saturated heterocycles. The third-order valence-electron chi connectivity index (χ3n) is 2.43. The Labute approximate surface area is 126 Å². The first-order valence-electron chi connectivity index (χ1n) is 6.18. The van der Waals surface area contributed by atoms with Gasteiger partial charge in [-0.3, -0.25) is 4.79 Å². The zero-order valence-corrected chi connectivity index (χ0v) is 12.2. The summed E-state index contributed by atoms with van der Waals surface area (Å²) in [4.78, 5) is 22.2. The number of nitrogens with one attached hydrogen (secondary N) is 1. The van der Waals surface area contributed by atoms with Crippen molar-refractivity contribution in [1.82, 2.24) is 0 Å². The van der Waals surface area contributed by atoms with E-state index >= 15 is 0 Å². The Morgan fingerprint density at radius 2 is 2.14 bits per heavy atom. The molecule has 1 rings (SSSR count). The first kappa shape index (κ1) is 17.0. The fourth-order valence-electron chi connectivity index (χ4n) is 1.41. The van der Waals surface area contributed by atoms with Crippen LogP contribution >= 0.6 is 11.6 Å². The topological polar surface area (TPSA) is 75.6 Å². The van der Waals surface area contributed by atoms with Crippen LogP contribution in [0.5, 0.6) is 5.75 Å². The van der Waals surface area contributed by atoms with Crippen molar-refractivity contribution in [2.45, 2.75) is 19.8 Å². The van der Waals surface area contributed by atoms with Gasteiger partial charge in [-0.15, -0.1) is 0 Å². The minimum absolute atomic E-state index is 0.0916. The lowest BCUT2D eigenvalue weighted by Crippen LogP contribution is -2.16. The maximum absolute atomic E-state index is 13.7. The Hall–Kier alpha value is -2.08. The number of carbonyl (C=O) groups excluding carboxylic acids is 1. The van der Waals surface area contributed by atoms with Gasteiger partial charge in [0.05, 0.1) is 23.7 Å². The smallest absolute Gasteiger partial charge is 0.331 e. The highest BCUT2D eigenvalue weighted by Gasteiger charge is 2.15. The minimum atomic E-state index is -1.28. The summed E-state index contributed by atoms with van der Waals surface area (Å²) < 4.78 is 19.0. The average molecular weight is 316 g/mol. The summed E-state index contributed by atoms with van der Waals surface area (Å²) in [5.74, 6) is -2.47. The van der Waals surface area contributed by atoms with Crippen molar-refractivity contribution in [3.8, 4) is 5.75 Å². The maximum atomic E-state index is 13.7. The molecule has 0 atom stereocenters. The molecule has 21 heavy (non-hydrogen) atoms. The molecular formula is C14H15ClFNO4. The number of hydrogen-bond acceptors (Lipinski definition) is 3. The molecule has 5 nitrogen and oxygen atoms in total. The van der Waals surface area contributed by atoms with Crippen LogP contribution in [-0.4, -0.2) is 23.6 Å². The molecule has 0 spiro atoms. The van der Waals surface area contributed by atoms with Gasteiger partial charge in [-0.1, -0.05) is 25.1 Å². The second kappa shape index (κ2) is 7.64. The van der Waals surface area contributed by atoms with Crippen molar-refractivity contribution in [2.75, 3.05) is 11.9 Å². The molecule has 1 aromatic rings. The number of ether oxygens (including phenoxy) is 1. The van der Waals surface area contributed by atoms with E-state index in [1.54, 1.807) is 0 Å². The molecule has 0 aliphatic carbocycles. The van der Waals surface area contributed by atoms with Crippen molar-refractivity contribution in [2.24, 2.45) is 0 Å². The molecule has 0 unspecified atom stereocenters. The molecule has 0 aliphatic heterocycles. The van der Waals surface area contributed by atoms with Crippen molar-refractivity contribution in [3.05, 3.63) is 35.1 Å². The number of carbonyl (C=O) groups is 2. The fourth-order valence-corrected chi connectivity index (χ4v) is 1.62. The molecule has 0 aromatic heterocycles. The highest BCUT2D eigenvalue weighted by atomic mass is 35.5. The predicted octanol–water partition coefficient (Wildman–Crippen LogP) is 3.24. The van der Waals surface area contributed by atoms with Crippen LogP contribution in [0.4, 0.5) is 10.1 Å². The van der Waals surface area contributed by atoms with Crippen LogP contribution < -0.4 is 10.1 Å². The van der Waals surface area contributed by atoms with Crippen molar-refractivity contribution >= 4 is 29.2 Å². The third-order valence-corrected chi connectivity index (χ3v) is 2.73. The van der Waals surface area contributed by atoms with Crippen LogP contribution in [0.2, 0.25) is 5.02 Å². The molecular weight excluding hydrogens is 301 g/mol. The lowest BCUT2D eigenvalue weighted by molar-refractivity contribution is -0.133. The molecule has 1 aromatic carbocycles. The Kier molecular flexibility index (Phi) is 6.17. The average Bonchev–Trinajstić information content (AvgIpc) is 2.40. The maximum Gasteiger partial charge on any atom is 0.331 e. The van der Waals surface area contributed by atoms with Crippen molar-refractivity contribution in [3.63, 3.8) is 0 Å². The molecule has 114 valence electrons. The SMILES string of the molecule is C=C(CC(=O)Nc1cc(OCCC)c(Cl)cc1F)C(=O)O. The number of hydrogen-bond donors (Lipinski definition) is 2. The lowest BCUT2D eigenvalue weighted by Gasteiger charge is -2.11. The Balaban J connectivity index is 2.84. The molecule has 1 amide bonds. The van der Waals surface area contributed by atoms with Gasteiger partial charge in [0.25, 0.3) is 0 Å². The highest BCUT2D eigenvalue weighted by molar-refractivity contribution is 6.32. The summed E-state index contributed by atoms with van der Waals surface area (Å²) >= 11 is 5.83. The van der Waals surface area contributed by atoms with Crippen molar-refractivity contribution in [1.29, 1.82) is 0 Å². The summed E-state index contributed by atoms with van der Waals surface area (Å²) in [6, 6.07) is 2.28. The van der Waals surface area contributed by atoms with E-state index in [4.69, 9.17) is 21.4 Å². The molecule has 0 fully saturated rings. The molecule has 0 aliphatic rings. The standard InChI is InChI=1S/C14H15ClFNO4/c1-3-4-21-12-7-11(10(16)6-9(12)15)17-13(18)5-8(2)14(19)20/h6-7H,2-5H2,1H3,(H,17,18)(H,19,20). The van der Waals surface area contributed by atoms with E-state index in [9.17, 15) is 14.0 Å². The minimum Gasteiger partial charge on any atom is -0.492 e. The number of rotatable bonds is 7. The van der Waals surface area contributed by atoms with E-state index in [-0.39, 0.29) is 22.0 Å². The number of anilines is 1. The largest absolute Gasteiger partial charge is 0.492 e. The number of benzene rings is 1. The number of aliphatic carboxylic acids is 1. The molecule has 7 heteroatoms. The van der Waals surface area contributed by atoms with Crippen molar-refractivity contribution < 1.29 is 23.8 Å². The Morgan fingerprint density at radius 3 is 2.71 bits per heavy atom. The highest BCUT2D eigenvalue weighted by Crippen LogP contribution is 2.30. The fraction of sp³-hybridized carbons (Fsp3) is 0.286. The predicted molar refractivity (Wildman–Crippen MR) is 77.2 cm³/mol. The second-order valence-electron chi connectivity index (χ2n) is 4.24. The van der Waals surface area contributed by atoms with E-state index in [2.05, 4.69) is 11.9 Å². The van der Waals surface area contributed by atoms with Gasteiger partial charge in [0.1, 0.15) is 11.6 Å². The molecule has 0 radical (unpaired) electrons. The van der Waals surface area contributed by atoms with Gasteiger partial charge in [0, 0.05) is 11.6 Å². The third kappa shape index (κ3) is 5.07. The first-order valence-corrected chi connectivity index (χ1v) is 6.55. The van der Waals surface area contributed by atoms with E-state index in [0.29, 0.717) is 6.61 Å². The number of carboxylic acid groups (broad SMARTS) is 1.